The monoisotopic (exact) mass is 463 g/mol. The second-order valence-corrected chi connectivity index (χ2v) is 9.79. The maximum atomic E-state index is 9.23. The highest BCUT2D eigenvalue weighted by Crippen LogP contribution is 2.29. The number of likely N-dealkylation sites (N-methyl/N-ethyl adjacent to an activating group) is 1. The number of fused-ring (bicyclic) bond motifs is 1. The van der Waals surface area contributed by atoms with Crippen LogP contribution < -0.4 is 0 Å². The van der Waals surface area contributed by atoms with Gasteiger partial charge in [-0.1, -0.05) is 30.3 Å². The number of nitriles is 1. The predicted octanol–water partition coefficient (Wildman–Crippen LogP) is 5.34. The first kappa shape index (κ1) is 23.3. The van der Waals surface area contributed by atoms with Crippen molar-refractivity contribution in [3.8, 4) is 28.5 Å². The van der Waals surface area contributed by atoms with Gasteiger partial charge in [-0.25, -0.2) is 4.98 Å². The summed E-state index contributed by atoms with van der Waals surface area (Å²) in [6.07, 6.45) is 4.38. The maximum absolute atomic E-state index is 9.23. The van der Waals surface area contributed by atoms with Crippen molar-refractivity contribution in [2.45, 2.75) is 26.7 Å². The smallest absolute Gasteiger partial charge is 0.137 e. The van der Waals surface area contributed by atoms with Crippen LogP contribution in [0.3, 0.4) is 0 Å². The van der Waals surface area contributed by atoms with Crippen molar-refractivity contribution in [1.29, 1.82) is 5.26 Å². The molecule has 0 spiro atoms. The van der Waals surface area contributed by atoms with Crippen LogP contribution >= 0.6 is 0 Å². The van der Waals surface area contributed by atoms with Crippen molar-refractivity contribution in [3.63, 3.8) is 0 Å². The lowest BCUT2D eigenvalue weighted by Gasteiger charge is -2.20. The van der Waals surface area contributed by atoms with Crippen LogP contribution in [-0.4, -0.2) is 59.0 Å². The van der Waals surface area contributed by atoms with Gasteiger partial charge in [0.25, 0.3) is 0 Å². The highest BCUT2D eigenvalue weighted by atomic mass is 15.2. The van der Waals surface area contributed by atoms with Crippen LogP contribution in [0.1, 0.15) is 28.8 Å². The highest BCUT2D eigenvalue weighted by Gasteiger charge is 2.18. The van der Waals surface area contributed by atoms with Crippen LogP contribution in [0.25, 0.3) is 28.0 Å². The van der Waals surface area contributed by atoms with Gasteiger partial charge in [0.15, 0.2) is 0 Å². The molecular formula is C30H33N5. The molecule has 35 heavy (non-hydrogen) atoms. The summed E-state index contributed by atoms with van der Waals surface area (Å²) in [6.45, 7) is 9.87. The van der Waals surface area contributed by atoms with Crippen molar-refractivity contribution in [2.75, 3.05) is 39.8 Å². The van der Waals surface area contributed by atoms with Crippen LogP contribution in [-0.2, 0) is 6.42 Å². The first-order chi connectivity index (χ1) is 17.0. The Morgan fingerprint density at radius 3 is 2.40 bits per heavy atom. The second-order valence-electron chi connectivity index (χ2n) is 9.79. The highest BCUT2D eigenvalue weighted by molar-refractivity contribution is 5.71. The molecule has 178 valence electrons. The second kappa shape index (κ2) is 10.0. The molecule has 0 unspecified atom stereocenters. The number of aryl methyl sites for hydroxylation is 2. The minimum Gasteiger partial charge on any atom is -0.305 e. The number of hydrogen-bond acceptors (Lipinski definition) is 4. The van der Waals surface area contributed by atoms with Crippen molar-refractivity contribution in [1.82, 2.24) is 19.2 Å². The van der Waals surface area contributed by atoms with Crippen LogP contribution in [0.5, 0.6) is 0 Å². The summed E-state index contributed by atoms with van der Waals surface area (Å²) in [6, 6.07) is 21.0. The van der Waals surface area contributed by atoms with E-state index in [0.29, 0.717) is 5.56 Å². The van der Waals surface area contributed by atoms with E-state index in [1.54, 1.807) is 0 Å². The molecule has 5 heteroatoms. The topological polar surface area (TPSA) is 47.6 Å². The molecule has 3 heterocycles. The lowest BCUT2D eigenvalue weighted by molar-refractivity contribution is 0.278. The zero-order chi connectivity index (χ0) is 24.4. The van der Waals surface area contributed by atoms with E-state index in [-0.39, 0.29) is 0 Å². The molecule has 2 aromatic carbocycles. The molecule has 0 N–H and O–H groups in total. The molecule has 5 nitrogen and oxygen atoms in total. The number of nitrogens with zero attached hydrogens (tertiary/aromatic N) is 5. The number of hydrogen-bond donors (Lipinski definition) is 0. The minimum absolute atomic E-state index is 0.671. The summed E-state index contributed by atoms with van der Waals surface area (Å²) in [4.78, 5) is 10.1. The number of rotatable bonds is 5. The lowest BCUT2D eigenvalue weighted by atomic mass is 10.0. The summed E-state index contributed by atoms with van der Waals surface area (Å²) < 4.78 is 2.28. The molecule has 0 amide bonds. The summed E-state index contributed by atoms with van der Waals surface area (Å²) in [5, 5.41) is 9.23. The fraction of sp³-hybridized carbons (Fsp3) is 0.333. The molecule has 2 aromatic heterocycles. The third-order valence-electron chi connectivity index (χ3n) is 7.32. The predicted molar refractivity (Wildman–Crippen MR) is 143 cm³/mol. The van der Waals surface area contributed by atoms with Gasteiger partial charge in [-0.3, -0.25) is 0 Å². The fourth-order valence-corrected chi connectivity index (χ4v) is 4.95. The van der Waals surface area contributed by atoms with E-state index in [9.17, 15) is 5.26 Å². The average Bonchev–Trinajstić information content (AvgIpc) is 3.11. The van der Waals surface area contributed by atoms with Crippen molar-refractivity contribution in [3.05, 3.63) is 83.2 Å². The minimum atomic E-state index is 0.671. The Morgan fingerprint density at radius 1 is 0.857 bits per heavy atom. The normalized spacial score (nSPS) is 15.3. The van der Waals surface area contributed by atoms with Gasteiger partial charge in [0.2, 0.25) is 0 Å². The van der Waals surface area contributed by atoms with Crippen molar-refractivity contribution < 1.29 is 0 Å². The van der Waals surface area contributed by atoms with E-state index in [2.05, 4.69) is 77.7 Å². The molecule has 4 aromatic rings. The Morgan fingerprint density at radius 2 is 1.63 bits per heavy atom. The third-order valence-corrected chi connectivity index (χ3v) is 7.32. The Kier molecular flexibility index (Phi) is 6.68. The zero-order valence-electron chi connectivity index (χ0n) is 21.0. The Bertz CT molecular complexity index is 1380. The number of pyridine rings is 1. The summed E-state index contributed by atoms with van der Waals surface area (Å²) in [5.74, 6) is 0. The number of benzene rings is 2. The number of aromatic nitrogens is 2. The SMILES string of the molecule is Cc1ccc(-c2ccc3nc(-c4ccc(C#N)cc4)c(CCN4CCCN(C)CC4)n3c2)cc1C. The van der Waals surface area contributed by atoms with E-state index >= 15 is 0 Å². The molecule has 1 fully saturated rings. The molecule has 0 aliphatic carbocycles. The van der Waals surface area contributed by atoms with Gasteiger partial charge < -0.3 is 14.2 Å². The molecule has 0 radical (unpaired) electrons. The first-order valence-electron chi connectivity index (χ1n) is 12.5. The summed E-state index contributed by atoms with van der Waals surface area (Å²) >= 11 is 0. The third kappa shape index (κ3) is 5.00. The van der Waals surface area contributed by atoms with Gasteiger partial charge in [0, 0.05) is 37.8 Å². The van der Waals surface area contributed by atoms with Gasteiger partial charge in [-0.2, -0.15) is 5.26 Å². The zero-order valence-corrected chi connectivity index (χ0v) is 21.0. The van der Waals surface area contributed by atoms with Crippen LogP contribution in [0.4, 0.5) is 0 Å². The molecule has 0 atom stereocenters. The molecule has 5 rings (SSSR count). The van der Waals surface area contributed by atoms with Crippen LogP contribution in [0, 0.1) is 25.2 Å². The van der Waals surface area contributed by atoms with E-state index in [1.807, 2.05) is 24.3 Å². The Labute approximate surface area is 208 Å². The van der Waals surface area contributed by atoms with E-state index in [0.717, 1.165) is 49.5 Å². The largest absolute Gasteiger partial charge is 0.305 e. The fourth-order valence-electron chi connectivity index (χ4n) is 4.95. The maximum Gasteiger partial charge on any atom is 0.137 e. The quantitative estimate of drug-likeness (QED) is 0.401. The molecule has 1 aliphatic heterocycles. The van der Waals surface area contributed by atoms with Crippen LogP contribution in [0.2, 0.25) is 0 Å². The molecular weight excluding hydrogens is 430 g/mol. The van der Waals surface area contributed by atoms with Gasteiger partial charge in [0.1, 0.15) is 5.65 Å². The Hall–Kier alpha value is -3.46. The lowest BCUT2D eigenvalue weighted by Crippen LogP contribution is -2.30. The molecule has 0 bridgehead atoms. The first-order valence-corrected chi connectivity index (χ1v) is 12.5. The van der Waals surface area contributed by atoms with E-state index in [4.69, 9.17) is 4.98 Å². The van der Waals surface area contributed by atoms with Crippen molar-refractivity contribution >= 4 is 5.65 Å². The van der Waals surface area contributed by atoms with Gasteiger partial charge >= 0.3 is 0 Å². The standard InChI is InChI=1S/C30H33N5/c1-22-5-8-26(19-23(22)2)27-11-12-29-32-30(25-9-6-24(20-31)7-10-25)28(35(29)21-27)13-16-34-15-4-14-33(3)17-18-34/h5-12,19,21H,4,13-18H2,1-3H3. The van der Waals surface area contributed by atoms with Gasteiger partial charge in [-0.15, -0.1) is 0 Å². The summed E-state index contributed by atoms with van der Waals surface area (Å²) in [7, 11) is 2.21. The van der Waals surface area contributed by atoms with E-state index in [1.165, 1.54) is 40.9 Å². The average molecular weight is 464 g/mol. The van der Waals surface area contributed by atoms with Crippen LogP contribution in [0.15, 0.2) is 60.8 Å². The van der Waals surface area contributed by atoms with Crippen molar-refractivity contribution in [2.24, 2.45) is 0 Å². The molecule has 1 saturated heterocycles. The molecule has 1 aliphatic rings. The molecule has 0 saturated carbocycles. The van der Waals surface area contributed by atoms with Gasteiger partial charge in [0.05, 0.1) is 23.0 Å². The Balaban J connectivity index is 1.55. The van der Waals surface area contributed by atoms with Gasteiger partial charge in [-0.05, 0) is 86.9 Å². The van der Waals surface area contributed by atoms with E-state index < -0.39 is 0 Å². The number of imidazole rings is 1. The summed E-state index contributed by atoms with van der Waals surface area (Å²) in [5.41, 5.74) is 9.97.